The summed E-state index contributed by atoms with van der Waals surface area (Å²) in [4.78, 5) is 2.61. The molecule has 0 unspecified atom stereocenters. The third kappa shape index (κ3) is 4.42. The fraction of sp³-hybridized carbons (Fsp3) is 0.786. The monoisotopic (exact) mass is 250 g/mol. The maximum Gasteiger partial charge on any atom is 0.0536 e. The van der Waals surface area contributed by atoms with Gasteiger partial charge in [-0.05, 0) is 50.9 Å². The molecule has 1 aliphatic rings. The van der Waals surface area contributed by atoms with Gasteiger partial charge >= 0.3 is 0 Å². The van der Waals surface area contributed by atoms with Crippen LogP contribution in [0.1, 0.15) is 26.2 Å². The number of aromatic nitrogens is 2. The van der Waals surface area contributed by atoms with Crippen LogP contribution in [0.5, 0.6) is 0 Å². The van der Waals surface area contributed by atoms with E-state index in [2.05, 4.69) is 28.4 Å². The minimum atomic E-state index is 0.885. The van der Waals surface area contributed by atoms with E-state index in [1.54, 1.807) is 0 Å². The summed E-state index contributed by atoms with van der Waals surface area (Å²) in [6.45, 7) is 9.27. The van der Waals surface area contributed by atoms with Gasteiger partial charge in [-0.1, -0.05) is 6.92 Å². The molecule has 1 aromatic rings. The van der Waals surface area contributed by atoms with E-state index in [-0.39, 0.29) is 0 Å². The first-order chi connectivity index (χ1) is 8.88. The smallest absolute Gasteiger partial charge is 0.0536 e. The van der Waals surface area contributed by atoms with Crippen molar-refractivity contribution < 1.29 is 0 Å². The molecule has 18 heavy (non-hydrogen) atoms. The largest absolute Gasteiger partial charge is 0.317 e. The van der Waals surface area contributed by atoms with Crippen molar-refractivity contribution >= 4 is 0 Å². The maximum absolute atomic E-state index is 4.28. The Hall–Kier alpha value is -0.870. The highest BCUT2D eigenvalue weighted by atomic mass is 15.3. The van der Waals surface area contributed by atoms with Crippen LogP contribution in [0.2, 0.25) is 0 Å². The first-order valence-electron chi connectivity index (χ1n) is 7.29. The fourth-order valence-electron chi connectivity index (χ4n) is 2.72. The van der Waals surface area contributed by atoms with E-state index in [0.29, 0.717) is 0 Å². The Morgan fingerprint density at radius 3 is 2.83 bits per heavy atom. The van der Waals surface area contributed by atoms with Gasteiger partial charge < -0.3 is 10.2 Å². The highest BCUT2D eigenvalue weighted by Crippen LogP contribution is 2.13. The third-order valence-electron chi connectivity index (χ3n) is 3.72. The molecule has 2 heterocycles. The first kappa shape index (κ1) is 13.6. The second kappa shape index (κ2) is 7.54. The summed E-state index contributed by atoms with van der Waals surface area (Å²) in [6.07, 6.45) is 7.82. The van der Waals surface area contributed by atoms with Crippen molar-refractivity contribution in [1.82, 2.24) is 20.0 Å². The van der Waals surface area contributed by atoms with Crippen LogP contribution < -0.4 is 5.32 Å². The lowest BCUT2D eigenvalue weighted by Gasteiger charge is -2.29. The van der Waals surface area contributed by atoms with Gasteiger partial charge in [0.2, 0.25) is 0 Å². The molecule has 1 N–H and O–H groups in total. The molecule has 1 fully saturated rings. The number of hydrogen-bond acceptors (Lipinski definition) is 3. The molecule has 0 spiro atoms. The minimum absolute atomic E-state index is 0.885. The van der Waals surface area contributed by atoms with Gasteiger partial charge in [0.05, 0.1) is 6.54 Å². The molecule has 0 aromatic carbocycles. The molecule has 0 radical (unpaired) electrons. The van der Waals surface area contributed by atoms with E-state index in [9.17, 15) is 0 Å². The van der Waals surface area contributed by atoms with Crippen LogP contribution in [-0.2, 0) is 6.54 Å². The lowest BCUT2D eigenvalue weighted by atomic mass is 9.97. The molecule has 4 heteroatoms. The minimum Gasteiger partial charge on any atom is -0.317 e. The molecule has 102 valence electrons. The molecule has 0 aliphatic carbocycles. The molecule has 0 bridgehead atoms. The SMILES string of the molecule is CCCN(CCn1cccn1)CC1CCNCC1. The van der Waals surface area contributed by atoms with Crippen molar-refractivity contribution in [2.75, 3.05) is 32.7 Å². The quantitative estimate of drug-likeness (QED) is 0.798. The summed E-state index contributed by atoms with van der Waals surface area (Å²) in [5, 5.41) is 7.72. The third-order valence-corrected chi connectivity index (χ3v) is 3.72. The van der Waals surface area contributed by atoms with Crippen molar-refractivity contribution in [3.63, 3.8) is 0 Å². The molecule has 4 nitrogen and oxygen atoms in total. The van der Waals surface area contributed by atoms with Gasteiger partial charge in [-0.15, -0.1) is 0 Å². The highest BCUT2D eigenvalue weighted by Gasteiger charge is 2.16. The van der Waals surface area contributed by atoms with Crippen molar-refractivity contribution in [2.45, 2.75) is 32.7 Å². The first-order valence-corrected chi connectivity index (χ1v) is 7.29. The molecule has 2 rings (SSSR count). The topological polar surface area (TPSA) is 33.1 Å². The molecular weight excluding hydrogens is 224 g/mol. The van der Waals surface area contributed by atoms with Gasteiger partial charge in [0.1, 0.15) is 0 Å². The molecule has 0 saturated carbocycles. The average Bonchev–Trinajstić information content (AvgIpc) is 2.91. The summed E-state index contributed by atoms with van der Waals surface area (Å²) >= 11 is 0. The van der Waals surface area contributed by atoms with Gasteiger partial charge in [0.15, 0.2) is 0 Å². The lowest BCUT2D eigenvalue weighted by Crippen LogP contribution is -2.38. The predicted octanol–water partition coefficient (Wildman–Crippen LogP) is 1.59. The Morgan fingerprint density at radius 2 is 2.17 bits per heavy atom. The molecule has 0 amide bonds. The van der Waals surface area contributed by atoms with Crippen molar-refractivity contribution in [2.24, 2.45) is 5.92 Å². The van der Waals surface area contributed by atoms with Gasteiger partial charge in [0.25, 0.3) is 0 Å². The van der Waals surface area contributed by atoms with E-state index in [0.717, 1.165) is 19.0 Å². The highest BCUT2D eigenvalue weighted by molar-refractivity contribution is 4.78. The van der Waals surface area contributed by atoms with Crippen LogP contribution in [-0.4, -0.2) is 47.4 Å². The Labute approximate surface area is 110 Å². The van der Waals surface area contributed by atoms with Crippen molar-refractivity contribution in [3.8, 4) is 0 Å². The number of piperidine rings is 1. The van der Waals surface area contributed by atoms with Crippen LogP contribution in [0.4, 0.5) is 0 Å². The van der Waals surface area contributed by atoms with Crippen LogP contribution in [0.3, 0.4) is 0 Å². The van der Waals surface area contributed by atoms with E-state index >= 15 is 0 Å². The number of hydrogen-bond donors (Lipinski definition) is 1. The Kier molecular flexibility index (Phi) is 5.68. The van der Waals surface area contributed by atoms with Gasteiger partial charge in [-0.2, -0.15) is 5.10 Å². The standard InChI is InChI=1S/C14H26N4/c1-2-9-17(11-12-18-10-3-6-16-18)13-14-4-7-15-8-5-14/h3,6,10,14-15H,2,4-5,7-9,11-13H2,1H3. The molecule has 1 aromatic heterocycles. The van der Waals surface area contributed by atoms with E-state index in [4.69, 9.17) is 0 Å². The van der Waals surface area contributed by atoms with Crippen LogP contribution in [0.25, 0.3) is 0 Å². The number of nitrogens with zero attached hydrogens (tertiary/aromatic N) is 3. The second-order valence-electron chi connectivity index (χ2n) is 5.26. The van der Waals surface area contributed by atoms with Crippen molar-refractivity contribution in [3.05, 3.63) is 18.5 Å². The van der Waals surface area contributed by atoms with Crippen molar-refractivity contribution in [1.29, 1.82) is 0 Å². The van der Waals surface area contributed by atoms with Crippen LogP contribution in [0, 0.1) is 5.92 Å². The lowest BCUT2D eigenvalue weighted by molar-refractivity contribution is 0.197. The zero-order valence-corrected chi connectivity index (χ0v) is 11.5. The van der Waals surface area contributed by atoms with Gasteiger partial charge in [0, 0.05) is 25.5 Å². The van der Waals surface area contributed by atoms with Crippen LogP contribution >= 0.6 is 0 Å². The molecule has 1 aliphatic heterocycles. The number of rotatable bonds is 7. The molecular formula is C14H26N4. The summed E-state index contributed by atoms with van der Waals surface area (Å²) in [5.74, 6) is 0.885. The summed E-state index contributed by atoms with van der Waals surface area (Å²) in [7, 11) is 0. The van der Waals surface area contributed by atoms with Crippen LogP contribution in [0.15, 0.2) is 18.5 Å². The van der Waals surface area contributed by atoms with E-state index in [1.807, 2.05) is 16.9 Å². The average molecular weight is 250 g/mol. The predicted molar refractivity (Wildman–Crippen MR) is 74.6 cm³/mol. The maximum atomic E-state index is 4.28. The second-order valence-corrected chi connectivity index (χ2v) is 5.26. The Balaban J connectivity index is 1.75. The summed E-state index contributed by atoms with van der Waals surface area (Å²) in [6, 6.07) is 2.00. The van der Waals surface area contributed by atoms with E-state index in [1.165, 1.54) is 45.4 Å². The molecule has 0 atom stereocenters. The van der Waals surface area contributed by atoms with Gasteiger partial charge in [-0.3, -0.25) is 4.68 Å². The fourth-order valence-corrected chi connectivity index (χ4v) is 2.72. The normalized spacial score (nSPS) is 17.4. The molecule has 1 saturated heterocycles. The van der Waals surface area contributed by atoms with Gasteiger partial charge in [-0.25, -0.2) is 0 Å². The zero-order valence-electron chi connectivity index (χ0n) is 11.5. The Morgan fingerprint density at radius 1 is 1.33 bits per heavy atom. The summed E-state index contributed by atoms with van der Waals surface area (Å²) < 4.78 is 2.03. The summed E-state index contributed by atoms with van der Waals surface area (Å²) in [5.41, 5.74) is 0. The zero-order chi connectivity index (χ0) is 12.6. The Bertz CT molecular complexity index is 304. The number of nitrogens with one attached hydrogen (secondary N) is 1. The van der Waals surface area contributed by atoms with E-state index < -0.39 is 0 Å².